The molecule has 0 unspecified atom stereocenters. The van der Waals surface area contributed by atoms with Crippen molar-refractivity contribution >= 4 is 0 Å². The zero-order valence-corrected chi connectivity index (χ0v) is 6.84. The highest BCUT2D eigenvalue weighted by molar-refractivity contribution is 4.90. The fourth-order valence-electron chi connectivity index (χ4n) is 0.904. The van der Waals surface area contributed by atoms with Gasteiger partial charge in [-0.25, -0.2) is 0 Å². The summed E-state index contributed by atoms with van der Waals surface area (Å²) in [6.07, 6.45) is 0. The van der Waals surface area contributed by atoms with Gasteiger partial charge in [-0.3, -0.25) is 0 Å². The van der Waals surface area contributed by atoms with Crippen LogP contribution in [0.3, 0.4) is 0 Å². The molecule has 1 heterocycles. The van der Waals surface area contributed by atoms with E-state index in [-0.39, 0.29) is 5.41 Å². The number of hydrogen-bond acceptors (Lipinski definition) is 2. The Kier molecular flexibility index (Phi) is 1.46. The van der Waals surface area contributed by atoms with Crippen LogP contribution in [0.15, 0.2) is 0 Å². The number of H-pyrrole nitrogens is 1. The Morgan fingerprint density at radius 1 is 1.40 bits per heavy atom. The van der Waals surface area contributed by atoms with Crippen LogP contribution in [-0.4, -0.2) is 15.5 Å². The predicted octanol–water partition coefficient (Wildman–Crippen LogP) is -0.0733. The Hall–Kier alpha value is -0.930. The number of hydrogen-bond donors (Lipinski definition) is 1. The van der Waals surface area contributed by atoms with E-state index < -0.39 is 0 Å². The summed E-state index contributed by atoms with van der Waals surface area (Å²) in [5, 5.41) is 10.4. The van der Waals surface area contributed by atoms with Crippen molar-refractivity contribution in [2.75, 3.05) is 0 Å². The molecular formula is C6H13N4+. The summed E-state index contributed by atoms with van der Waals surface area (Å²) in [7, 11) is 1.90. The van der Waals surface area contributed by atoms with Gasteiger partial charge in [-0.2, -0.15) is 4.68 Å². The molecule has 0 radical (unpaired) electrons. The zero-order valence-electron chi connectivity index (χ0n) is 6.84. The van der Waals surface area contributed by atoms with E-state index in [0.717, 1.165) is 5.82 Å². The van der Waals surface area contributed by atoms with Crippen LogP contribution in [0.1, 0.15) is 26.6 Å². The molecule has 56 valence electrons. The van der Waals surface area contributed by atoms with Crippen molar-refractivity contribution in [1.82, 2.24) is 15.5 Å². The van der Waals surface area contributed by atoms with E-state index in [9.17, 15) is 0 Å². The fourth-order valence-corrected chi connectivity index (χ4v) is 0.904. The van der Waals surface area contributed by atoms with Crippen LogP contribution < -0.4 is 4.68 Å². The molecular weight excluding hydrogens is 128 g/mol. The van der Waals surface area contributed by atoms with E-state index in [4.69, 9.17) is 0 Å². The van der Waals surface area contributed by atoms with Gasteiger partial charge in [0.2, 0.25) is 0 Å². The van der Waals surface area contributed by atoms with Crippen molar-refractivity contribution in [3.63, 3.8) is 0 Å². The van der Waals surface area contributed by atoms with Crippen molar-refractivity contribution in [1.29, 1.82) is 0 Å². The van der Waals surface area contributed by atoms with Gasteiger partial charge in [0, 0.05) is 0 Å². The second-order valence-corrected chi connectivity index (χ2v) is 3.43. The minimum Gasteiger partial charge on any atom is -0.165 e. The van der Waals surface area contributed by atoms with Gasteiger partial charge >= 0.3 is 5.82 Å². The molecule has 1 aromatic rings. The van der Waals surface area contributed by atoms with Gasteiger partial charge in [0.25, 0.3) is 0 Å². The third-order valence-corrected chi connectivity index (χ3v) is 1.33. The molecule has 0 bridgehead atoms. The summed E-state index contributed by atoms with van der Waals surface area (Å²) in [5.41, 5.74) is 0.0712. The van der Waals surface area contributed by atoms with Crippen molar-refractivity contribution in [3.05, 3.63) is 5.82 Å². The summed E-state index contributed by atoms with van der Waals surface area (Å²) in [5.74, 6) is 0.965. The third-order valence-electron chi connectivity index (χ3n) is 1.33. The number of tetrazole rings is 1. The van der Waals surface area contributed by atoms with Crippen LogP contribution in [0, 0.1) is 0 Å². The van der Waals surface area contributed by atoms with Gasteiger partial charge in [0.1, 0.15) is 5.10 Å². The zero-order chi connectivity index (χ0) is 7.78. The van der Waals surface area contributed by atoms with E-state index in [0.29, 0.717) is 0 Å². The van der Waals surface area contributed by atoms with Crippen LogP contribution in [0.4, 0.5) is 0 Å². The molecule has 10 heavy (non-hydrogen) atoms. The largest absolute Gasteiger partial charge is 0.305 e. The highest BCUT2D eigenvalue weighted by atomic mass is 15.5. The van der Waals surface area contributed by atoms with Gasteiger partial charge in [-0.05, 0) is 20.8 Å². The van der Waals surface area contributed by atoms with Crippen LogP contribution in [0.5, 0.6) is 0 Å². The van der Waals surface area contributed by atoms with Crippen molar-refractivity contribution < 1.29 is 4.68 Å². The summed E-state index contributed by atoms with van der Waals surface area (Å²) < 4.78 is 1.82. The Labute approximate surface area is 60.2 Å². The molecule has 0 atom stereocenters. The molecule has 1 rings (SSSR count). The first-order valence-electron chi connectivity index (χ1n) is 3.29. The average molecular weight is 141 g/mol. The number of aromatic amines is 1. The second-order valence-electron chi connectivity index (χ2n) is 3.43. The van der Waals surface area contributed by atoms with Crippen molar-refractivity contribution in [2.45, 2.75) is 26.2 Å². The Bertz CT molecular complexity index is 220. The predicted molar refractivity (Wildman–Crippen MR) is 36.3 cm³/mol. The van der Waals surface area contributed by atoms with Gasteiger partial charge in [0.05, 0.1) is 12.5 Å². The molecule has 0 spiro atoms. The summed E-state index contributed by atoms with van der Waals surface area (Å²) in [4.78, 5) is 0. The first-order chi connectivity index (χ1) is 4.52. The standard InChI is InChI=1S/C6H12N4/c1-6(2,3)5-7-8-9-10(5)4/h1-4H3/p+1. The lowest BCUT2D eigenvalue weighted by Gasteiger charge is -2.08. The number of nitrogens with zero attached hydrogens (tertiary/aromatic N) is 3. The molecule has 4 nitrogen and oxygen atoms in total. The fraction of sp³-hybridized carbons (Fsp3) is 0.833. The average Bonchev–Trinajstić information content (AvgIpc) is 2.11. The number of aryl methyl sites for hydroxylation is 1. The van der Waals surface area contributed by atoms with E-state index in [1.807, 2.05) is 11.7 Å². The summed E-state index contributed by atoms with van der Waals surface area (Å²) >= 11 is 0. The molecule has 0 saturated heterocycles. The molecule has 0 aliphatic heterocycles. The minimum atomic E-state index is 0.0712. The monoisotopic (exact) mass is 141 g/mol. The smallest absolute Gasteiger partial charge is 0.165 e. The molecule has 0 aromatic carbocycles. The normalized spacial score (nSPS) is 12.0. The molecule has 0 fully saturated rings. The maximum atomic E-state index is 3.94. The van der Waals surface area contributed by atoms with Gasteiger partial charge in [0.15, 0.2) is 5.21 Å². The van der Waals surface area contributed by atoms with Gasteiger partial charge in [-0.1, -0.05) is 5.21 Å². The van der Waals surface area contributed by atoms with Gasteiger partial charge < -0.3 is 0 Å². The van der Waals surface area contributed by atoms with Crippen molar-refractivity contribution in [2.24, 2.45) is 7.05 Å². The van der Waals surface area contributed by atoms with Crippen LogP contribution in [-0.2, 0) is 12.5 Å². The first-order valence-corrected chi connectivity index (χ1v) is 3.29. The molecule has 1 N–H and O–H groups in total. The van der Waals surface area contributed by atoms with E-state index in [2.05, 4.69) is 36.3 Å². The van der Waals surface area contributed by atoms with Crippen molar-refractivity contribution in [3.8, 4) is 0 Å². The molecule has 0 amide bonds. The lowest BCUT2D eigenvalue weighted by atomic mass is 9.96. The number of rotatable bonds is 0. The summed E-state index contributed by atoms with van der Waals surface area (Å²) in [6.45, 7) is 6.31. The van der Waals surface area contributed by atoms with E-state index in [1.165, 1.54) is 0 Å². The number of nitrogens with one attached hydrogen (secondary N) is 1. The maximum absolute atomic E-state index is 3.94. The Morgan fingerprint density at radius 3 is 2.20 bits per heavy atom. The quantitative estimate of drug-likeness (QED) is 0.514. The SMILES string of the molecule is C[n+]1[nH]nnc1C(C)(C)C. The Morgan fingerprint density at radius 2 is 2.00 bits per heavy atom. The molecule has 1 aromatic heterocycles. The topological polar surface area (TPSA) is 45.5 Å². The van der Waals surface area contributed by atoms with Crippen LogP contribution >= 0.6 is 0 Å². The number of aromatic nitrogens is 4. The molecule has 0 aliphatic carbocycles. The maximum Gasteiger partial charge on any atom is 0.305 e. The minimum absolute atomic E-state index is 0.0712. The molecule has 0 saturated carbocycles. The molecule has 0 aliphatic rings. The summed E-state index contributed by atoms with van der Waals surface area (Å²) in [6, 6.07) is 0. The van der Waals surface area contributed by atoms with Gasteiger partial charge in [-0.15, -0.1) is 0 Å². The van der Waals surface area contributed by atoms with E-state index in [1.54, 1.807) is 0 Å². The van der Waals surface area contributed by atoms with Crippen LogP contribution in [0.25, 0.3) is 0 Å². The lowest BCUT2D eigenvalue weighted by Crippen LogP contribution is -2.40. The third kappa shape index (κ3) is 1.15. The highest BCUT2D eigenvalue weighted by Gasteiger charge is 2.26. The van der Waals surface area contributed by atoms with Crippen LogP contribution in [0.2, 0.25) is 0 Å². The Balaban J connectivity index is 3.05. The second kappa shape index (κ2) is 2.04. The lowest BCUT2D eigenvalue weighted by molar-refractivity contribution is -0.741. The van der Waals surface area contributed by atoms with E-state index >= 15 is 0 Å². The highest BCUT2D eigenvalue weighted by Crippen LogP contribution is 2.13. The first kappa shape index (κ1) is 7.18. The molecule has 4 heteroatoms.